The molecule has 0 aliphatic carbocycles. The summed E-state index contributed by atoms with van der Waals surface area (Å²) >= 11 is 1.52. The first-order valence-corrected chi connectivity index (χ1v) is 5.62. The third-order valence-corrected chi connectivity index (χ3v) is 3.34. The van der Waals surface area contributed by atoms with Gasteiger partial charge in [-0.2, -0.15) is 5.26 Å². The van der Waals surface area contributed by atoms with E-state index in [0.717, 1.165) is 9.88 Å². The summed E-state index contributed by atoms with van der Waals surface area (Å²) in [6, 6.07) is 5.65. The maximum absolute atomic E-state index is 11.3. The number of thiophene rings is 1. The average Bonchev–Trinajstić information content (AvgIpc) is 2.88. The highest BCUT2D eigenvalue weighted by molar-refractivity contribution is 7.17. The minimum atomic E-state index is -0.582. The molecule has 0 bridgehead atoms. The Morgan fingerprint density at radius 1 is 1.53 bits per heavy atom. The van der Waals surface area contributed by atoms with Crippen LogP contribution in [0.4, 0.5) is 5.00 Å². The SMILES string of the molecule is CN(C)c1ccc(/C=C2\C(=O)ON=C2C#N)s1. The fourth-order valence-electron chi connectivity index (χ4n) is 1.29. The summed E-state index contributed by atoms with van der Waals surface area (Å²) in [6.07, 6.45) is 1.62. The average molecular weight is 247 g/mol. The normalized spacial score (nSPS) is 16.6. The second kappa shape index (κ2) is 4.39. The predicted octanol–water partition coefficient (Wildman–Crippen LogP) is 1.63. The first kappa shape index (κ1) is 11.4. The lowest BCUT2D eigenvalue weighted by atomic mass is 10.1. The van der Waals surface area contributed by atoms with Gasteiger partial charge >= 0.3 is 5.97 Å². The van der Waals surface area contributed by atoms with Crippen LogP contribution in [0, 0.1) is 11.3 Å². The smallest absolute Gasteiger partial charge is 0.368 e. The Morgan fingerprint density at radius 3 is 2.88 bits per heavy atom. The van der Waals surface area contributed by atoms with Crippen LogP contribution in [0.25, 0.3) is 6.08 Å². The highest BCUT2D eigenvalue weighted by Gasteiger charge is 2.25. The van der Waals surface area contributed by atoms with Crippen molar-refractivity contribution >= 4 is 34.1 Å². The first-order valence-electron chi connectivity index (χ1n) is 4.80. The molecule has 0 spiro atoms. The molecule has 0 radical (unpaired) electrons. The van der Waals surface area contributed by atoms with Gasteiger partial charge < -0.3 is 9.74 Å². The number of carbonyl (C=O) groups is 1. The van der Waals surface area contributed by atoms with Crippen molar-refractivity contribution in [3.8, 4) is 6.07 Å². The number of nitrogens with zero attached hydrogens (tertiary/aromatic N) is 3. The molecule has 0 saturated heterocycles. The molecule has 1 aliphatic heterocycles. The molecule has 6 heteroatoms. The summed E-state index contributed by atoms with van der Waals surface area (Å²) in [7, 11) is 3.88. The first-order chi connectivity index (χ1) is 8.11. The molecule has 5 nitrogen and oxygen atoms in total. The largest absolute Gasteiger partial charge is 0.370 e. The molecular weight excluding hydrogens is 238 g/mol. The maximum atomic E-state index is 11.3. The molecule has 2 heterocycles. The lowest BCUT2D eigenvalue weighted by molar-refractivity contribution is -0.136. The molecule has 0 fully saturated rings. The van der Waals surface area contributed by atoms with E-state index in [2.05, 4.69) is 9.99 Å². The van der Waals surface area contributed by atoms with Crippen molar-refractivity contribution in [2.45, 2.75) is 0 Å². The molecular formula is C11H9N3O2S. The number of anilines is 1. The van der Waals surface area contributed by atoms with E-state index in [-0.39, 0.29) is 11.3 Å². The van der Waals surface area contributed by atoms with Gasteiger partial charge in [0.25, 0.3) is 0 Å². The fourth-order valence-corrected chi connectivity index (χ4v) is 2.17. The fraction of sp³-hybridized carbons (Fsp3) is 0.182. The molecule has 0 saturated carbocycles. The molecule has 0 aromatic carbocycles. The highest BCUT2D eigenvalue weighted by atomic mass is 32.1. The van der Waals surface area contributed by atoms with E-state index in [4.69, 9.17) is 5.26 Å². The second-order valence-corrected chi connectivity index (χ2v) is 4.65. The number of oxime groups is 1. The van der Waals surface area contributed by atoms with Crippen LogP contribution in [0.1, 0.15) is 4.88 Å². The van der Waals surface area contributed by atoms with Gasteiger partial charge in [-0.25, -0.2) is 4.79 Å². The summed E-state index contributed by atoms with van der Waals surface area (Å²) in [5, 5.41) is 13.2. The Bertz CT molecular complexity index is 564. The zero-order valence-electron chi connectivity index (χ0n) is 9.30. The molecule has 2 rings (SSSR count). The molecule has 0 amide bonds. The number of nitriles is 1. The van der Waals surface area contributed by atoms with E-state index in [1.54, 1.807) is 6.08 Å². The van der Waals surface area contributed by atoms with Crippen LogP contribution in [0.5, 0.6) is 0 Å². The van der Waals surface area contributed by atoms with Gasteiger partial charge in [0.1, 0.15) is 11.6 Å². The van der Waals surface area contributed by atoms with E-state index in [9.17, 15) is 4.79 Å². The summed E-state index contributed by atoms with van der Waals surface area (Å²) < 4.78 is 0. The number of rotatable bonds is 2. The molecule has 0 N–H and O–H groups in total. The van der Waals surface area contributed by atoms with Crippen molar-refractivity contribution in [3.05, 3.63) is 22.6 Å². The molecule has 1 aliphatic rings. The van der Waals surface area contributed by atoms with Gasteiger partial charge in [-0.3, -0.25) is 0 Å². The third kappa shape index (κ3) is 2.19. The van der Waals surface area contributed by atoms with Crippen LogP contribution < -0.4 is 4.90 Å². The minimum absolute atomic E-state index is 0.0230. The van der Waals surface area contributed by atoms with Crippen molar-refractivity contribution in [2.75, 3.05) is 19.0 Å². The number of hydrogen-bond acceptors (Lipinski definition) is 6. The maximum Gasteiger partial charge on any atom is 0.368 e. The van der Waals surface area contributed by atoms with Crippen molar-refractivity contribution in [2.24, 2.45) is 5.16 Å². The van der Waals surface area contributed by atoms with Gasteiger partial charge in [0.2, 0.25) is 0 Å². The van der Waals surface area contributed by atoms with E-state index in [0.29, 0.717) is 0 Å². The van der Waals surface area contributed by atoms with Crippen molar-refractivity contribution < 1.29 is 9.63 Å². The second-order valence-electron chi connectivity index (χ2n) is 3.56. The van der Waals surface area contributed by atoms with Gasteiger partial charge in [-0.05, 0) is 18.2 Å². The predicted molar refractivity (Wildman–Crippen MR) is 65.8 cm³/mol. The third-order valence-electron chi connectivity index (χ3n) is 2.14. The summed E-state index contributed by atoms with van der Waals surface area (Å²) in [5.74, 6) is -0.582. The molecule has 1 aromatic rings. The van der Waals surface area contributed by atoms with Crippen LogP contribution in [0.3, 0.4) is 0 Å². The van der Waals surface area contributed by atoms with Gasteiger partial charge in [0, 0.05) is 19.0 Å². The van der Waals surface area contributed by atoms with Gasteiger partial charge in [-0.15, -0.1) is 11.3 Å². The van der Waals surface area contributed by atoms with Gasteiger partial charge in [0.05, 0.1) is 5.00 Å². The summed E-state index contributed by atoms with van der Waals surface area (Å²) in [5.41, 5.74) is 0.231. The Balaban J connectivity index is 2.32. The minimum Gasteiger partial charge on any atom is -0.370 e. The lowest BCUT2D eigenvalue weighted by Crippen LogP contribution is -2.05. The lowest BCUT2D eigenvalue weighted by Gasteiger charge is -2.06. The van der Waals surface area contributed by atoms with Gasteiger partial charge in [0.15, 0.2) is 5.71 Å². The van der Waals surface area contributed by atoms with E-state index in [1.165, 1.54) is 11.3 Å². The Labute approximate surface area is 102 Å². The summed E-state index contributed by atoms with van der Waals surface area (Å²) in [6.45, 7) is 0. The number of hydrogen-bond donors (Lipinski definition) is 0. The Morgan fingerprint density at radius 2 is 2.29 bits per heavy atom. The van der Waals surface area contributed by atoms with Crippen LogP contribution in [-0.4, -0.2) is 25.8 Å². The van der Waals surface area contributed by atoms with Crippen LogP contribution in [0.15, 0.2) is 22.9 Å². The number of carbonyl (C=O) groups excluding carboxylic acids is 1. The Hall–Kier alpha value is -2.13. The van der Waals surface area contributed by atoms with Crippen molar-refractivity contribution in [1.29, 1.82) is 5.26 Å². The molecule has 17 heavy (non-hydrogen) atoms. The van der Waals surface area contributed by atoms with Crippen molar-refractivity contribution in [1.82, 2.24) is 0 Å². The Kier molecular flexibility index (Phi) is 2.93. The molecule has 1 aromatic heterocycles. The van der Waals surface area contributed by atoms with E-state index < -0.39 is 5.97 Å². The van der Waals surface area contributed by atoms with Crippen LogP contribution in [-0.2, 0) is 9.63 Å². The van der Waals surface area contributed by atoms with Crippen LogP contribution in [0.2, 0.25) is 0 Å². The molecule has 0 unspecified atom stereocenters. The van der Waals surface area contributed by atoms with Crippen LogP contribution >= 0.6 is 11.3 Å². The topological polar surface area (TPSA) is 65.7 Å². The summed E-state index contributed by atoms with van der Waals surface area (Å²) in [4.78, 5) is 18.6. The highest BCUT2D eigenvalue weighted by Crippen LogP contribution is 2.27. The standard InChI is InChI=1S/C11H9N3O2S/c1-14(2)10-4-3-7(17-10)5-8-9(6-12)13-16-11(8)15/h3-5H,1-2H3/b8-5-. The van der Waals surface area contributed by atoms with Gasteiger partial charge in [-0.1, -0.05) is 5.16 Å². The quantitative estimate of drug-likeness (QED) is 0.588. The van der Waals surface area contributed by atoms with Crippen molar-refractivity contribution in [3.63, 3.8) is 0 Å². The monoisotopic (exact) mass is 247 g/mol. The molecule has 86 valence electrons. The van der Waals surface area contributed by atoms with E-state index >= 15 is 0 Å². The van der Waals surface area contributed by atoms with E-state index in [1.807, 2.05) is 37.2 Å². The zero-order valence-corrected chi connectivity index (χ0v) is 10.1. The molecule has 0 atom stereocenters. The zero-order chi connectivity index (χ0) is 12.4.